The van der Waals surface area contributed by atoms with E-state index in [1.54, 1.807) is 0 Å². The van der Waals surface area contributed by atoms with Crippen molar-refractivity contribution in [2.75, 3.05) is 13.1 Å². The van der Waals surface area contributed by atoms with Gasteiger partial charge in [0.2, 0.25) is 0 Å². The van der Waals surface area contributed by atoms with Crippen LogP contribution in [0, 0.1) is 0 Å². The molecule has 2 atom stereocenters. The lowest BCUT2D eigenvalue weighted by molar-refractivity contribution is 0.234. The molecule has 1 aromatic carbocycles. The molecule has 4 N–H and O–H groups in total. The number of benzene rings is 1. The first-order valence-corrected chi connectivity index (χ1v) is 7.55. The van der Waals surface area contributed by atoms with Crippen LogP contribution in [0.4, 0.5) is 4.79 Å². The van der Waals surface area contributed by atoms with Crippen molar-refractivity contribution in [3.63, 3.8) is 0 Å². The Morgan fingerprint density at radius 3 is 3.10 bits per heavy atom. The standard InChI is InChI=1S/C16H22N4O/c1-11(19-16(21)20-13-6-7-17-10-13)8-12-9-18-15-5-3-2-4-14(12)15/h2-5,9,11,13,17-18H,6-8,10H2,1H3,(H2,19,20,21)/t11-,13-/m0/s1. The Balaban J connectivity index is 1.56. The molecule has 2 amide bonds. The van der Waals surface area contributed by atoms with Gasteiger partial charge in [0.1, 0.15) is 0 Å². The highest BCUT2D eigenvalue weighted by Gasteiger charge is 2.17. The molecule has 5 heteroatoms. The Morgan fingerprint density at radius 1 is 1.43 bits per heavy atom. The van der Waals surface area contributed by atoms with Crippen LogP contribution in [-0.4, -0.2) is 36.2 Å². The van der Waals surface area contributed by atoms with Gasteiger partial charge in [0.15, 0.2) is 0 Å². The van der Waals surface area contributed by atoms with E-state index < -0.39 is 0 Å². The van der Waals surface area contributed by atoms with Crippen LogP contribution in [0.3, 0.4) is 0 Å². The summed E-state index contributed by atoms with van der Waals surface area (Å²) in [4.78, 5) is 15.2. The smallest absolute Gasteiger partial charge is 0.315 e. The van der Waals surface area contributed by atoms with Gasteiger partial charge in [-0.15, -0.1) is 0 Å². The number of amides is 2. The number of H-pyrrole nitrogens is 1. The molecule has 5 nitrogen and oxygen atoms in total. The molecule has 0 saturated carbocycles. The highest BCUT2D eigenvalue weighted by Crippen LogP contribution is 2.18. The molecule has 1 aliphatic heterocycles. The number of carbonyl (C=O) groups is 1. The molecule has 0 spiro atoms. The minimum Gasteiger partial charge on any atom is -0.361 e. The summed E-state index contributed by atoms with van der Waals surface area (Å²) < 4.78 is 0. The number of urea groups is 1. The van der Waals surface area contributed by atoms with Crippen molar-refractivity contribution in [2.45, 2.75) is 31.8 Å². The molecule has 1 aromatic heterocycles. The van der Waals surface area contributed by atoms with Gasteiger partial charge in [0.05, 0.1) is 0 Å². The number of carbonyl (C=O) groups excluding carboxylic acids is 1. The minimum atomic E-state index is -0.0731. The second-order valence-electron chi connectivity index (χ2n) is 5.77. The van der Waals surface area contributed by atoms with Gasteiger partial charge in [-0.25, -0.2) is 4.79 Å². The number of hydrogen-bond acceptors (Lipinski definition) is 2. The predicted octanol–water partition coefficient (Wildman–Crippen LogP) is 1.76. The van der Waals surface area contributed by atoms with E-state index in [4.69, 9.17) is 0 Å². The Kier molecular flexibility index (Phi) is 4.10. The molecule has 0 unspecified atom stereocenters. The molecule has 0 radical (unpaired) electrons. The van der Waals surface area contributed by atoms with Crippen LogP contribution in [0.5, 0.6) is 0 Å². The van der Waals surface area contributed by atoms with E-state index in [1.165, 1.54) is 10.9 Å². The van der Waals surface area contributed by atoms with Gasteiger partial charge in [0, 0.05) is 35.7 Å². The van der Waals surface area contributed by atoms with Gasteiger partial charge in [-0.3, -0.25) is 0 Å². The fourth-order valence-corrected chi connectivity index (χ4v) is 2.91. The monoisotopic (exact) mass is 286 g/mol. The first-order chi connectivity index (χ1) is 10.2. The van der Waals surface area contributed by atoms with Crippen LogP contribution in [0.25, 0.3) is 10.9 Å². The topological polar surface area (TPSA) is 69.0 Å². The molecule has 1 aliphatic rings. The van der Waals surface area contributed by atoms with Crippen molar-refractivity contribution in [3.8, 4) is 0 Å². The maximum absolute atomic E-state index is 11.9. The number of fused-ring (bicyclic) bond motifs is 1. The third-order valence-corrected chi connectivity index (χ3v) is 3.97. The van der Waals surface area contributed by atoms with E-state index in [2.05, 4.69) is 33.1 Å². The van der Waals surface area contributed by atoms with Gasteiger partial charge < -0.3 is 20.9 Å². The molecule has 2 aromatic rings. The third kappa shape index (κ3) is 3.36. The van der Waals surface area contributed by atoms with Crippen molar-refractivity contribution in [1.29, 1.82) is 0 Å². The van der Waals surface area contributed by atoms with E-state index in [1.807, 2.05) is 25.3 Å². The van der Waals surface area contributed by atoms with Crippen LogP contribution < -0.4 is 16.0 Å². The number of para-hydroxylation sites is 1. The molecule has 1 saturated heterocycles. The van der Waals surface area contributed by atoms with Crippen LogP contribution >= 0.6 is 0 Å². The summed E-state index contributed by atoms with van der Waals surface area (Å²) in [5.41, 5.74) is 2.38. The first kappa shape index (κ1) is 13.9. The van der Waals surface area contributed by atoms with Crippen LogP contribution in [-0.2, 0) is 6.42 Å². The van der Waals surface area contributed by atoms with Gasteiger partial charge >= 0.3 is 6.03 Å². The molecule has 3 rings (SSSR count). The Morgan fingerprint density at radius 2 is 2.29 bits per heavy atom. The number of nitrogens with one attached hydrogen (secondary N) is 4. The molecule has 2 heterocycles. The van der Waals surface area contributed by atoms with Crippen molar-refractivity contribution in [2.24, 2.45) is 0 Å². The Hall–Kier alpha value is -2.01. The number of aromatic nitrogens is 1. The summed E-state index contributed by atoms with van der Waals surface area (Å²) in [6, 6.07) is 8.51. The third-order valence-electron chi connectivity index (χ3n) is 3.97. The lowest BCUT2D eigenvalue weighted by Crippen LogP contribution is -2.46. The maximum atomic E-state index is 11.9. The van der Waals surface area contributed by atoms with Crippen molar-refractivity contribution >= 4 is 16.9 Å². The molecule has 112 valence electrons. The largest absolute Gasteiger partial charge is 0.361 e. The zero-order chi connectivity index (χ0) is 14.7. The summed E-state index contributed by atoms with van der Waals surface area (Å²) in [6.45, 7) is 3.88. The summed E-state index contributed by atoms with van der Waals surface area (Å²) in [5, 5.41) is 10.5. The number of rotatable bonds is 4. The molecule has 0 aliphatic carbocycles. The van der Waals surface area contributed by atoms with E-state index in [0.29, 0.717) is 0 Å². The molecule has 21 heavy (non-hydrogen) atoms. The van der Waals surface area contributed by atoms with Crippen LogP contribution in [0.1, 0.15) is 18.9 Å². The van der Waals surface area contributed by atoms with E-state index in [0.717, 1.165) is 31.4 Å². The number of aromatic amines is 1. The Bertz CT molecular complexity index is 616. The first-order valence-electron chi connectivity index (χ1n) is 7.55. The van der Waals surface area contributed by atoms with Crippen LogP contribution in [0.15, 0.2) is 30.5 Å². The van der Waals surface area contributed by atoms with E-state index in [-0.39, 0.29) is 18.1 Å². The predicted molar refractivity (Wildman–Crippen MR) is 84.4 cm³/mol. The highest BCUT2D eigenvalue weighted by atomic mass is 16.2. The summed E-state index contributed by atoms with van der Waals surface area (Å²) in [6.07, 6.45) is 3.85. The van der Waals surface area contributed by atoms with Gasteiger partial charge in [0.25, 0.3) is 0 Å². The van der Waals surface area contributed by atoms with Crippen molar-refractivity contribution < 1.29 is 4.79 Å². The SMILES string of the molecule is C[C@@H](Cc1c[nH]c2ccccc12)NC(=O)N[C@H]1CCNC1. The second kappa shape index (κ2) is 6.18. The molecular formula is C16H22N4O. The lowest BCUT2D eigenvalue weighted by atomic mass is 10.1. The van der Waals surface area contributed by atoms with Gasteiger partial charge in [-0.1, -0.05) is 18.2 Å². The maximum Gasteiger partial charge on any atom is 0.315 e. The average molecular weight is 286 g/mol. The summed E-state index contributed by atoms with van der Waals surface area (Å²) >= 11 is 0. The summed E-state index contributed by atoms with van der Waals surface area (Å²) in [5.74, 6) is 0. The average Bonchev–Trinajstić information content (AvgIpc) is 3.09. The second-order valence-corrected chi connectivity index (χ2v) is 5.77. The molecule has 0 bridgehead atoms. The lowest BCUT2D eigenvalue weighted by Gasteiger charge is -2.17. The van der Waals surface area contributed by atoms with E-state index >= 15 is 0 Å². The van der Waals surface area contributed by atoms with Gasteiger partial charge in [-0.2, -0.15) is 0 Å². The zero-order valence-electron chi connectivity index (χ0n) is 12.3. The fraction of sp³-hybridized carbons (Fsp3) is 0.438. The minimum absolute atomic E-state index is 0.0731. The number of hydrogen-bond donors (Lipinski definition) is 4. The highest BCUT2D eigenvalue weighted by molar-refractivity contribution is 5.83. The fourth-order valence-electron chi connectivity index (χ4n) is 2.91. The van der Waals surface area contributed by atoms with Crippen molar-refractivity contribution in [1.82, 2.24) is 20.9 Å². The Labute approximate surface area is 124 Å². The zero-order valence-corrected chi connectivity index (χ0v) is 12.3. The van der Waals surface area contributed by atoms with Gasteiger partial charge in [-0.05, 0) is 37.9 Å². The molecule has 1 fully saturated rings. The quantitative estimate of drug-likeness (QED) is 0.692. The van der Waals surface area contributed by atoms with Crippen LogP contribution in [0.2, 0.25) is 0 Å². The normalized spacial score (nSPS) is 19.6. The van der Waals surface area contributed by atoms with E-state index in [9.17, 15) is 4.79 Å². The molecular weight excluding hydrogens is 264 g/mol. The van der Waals surface area contributed by atoms with Crippen molar-refractivity contribution in [3.05, 3.63) is 36.0 Å². The summed E-state index contributed by atoms with van der Waals surface area (Å²) in [7, 11) is 0.